The fourth-order valence-corrected chi connectivity index (χ4v) is 1.95. The Hall–Kier alpha value is -0.920. The third-order valence-corrected chi connectivity index (χ3v) is 3.61. The van der Waals surface area contributed by atoms with E-state index in [1.807, 2.05) is 13.0 Å². The van der Waals surface area contributed by atoms with E-state index in [4.69, 9.17) is 0 Å². The number of unbranched alkanes of at least 4 members (excludes halogenated alkanes) is 2. The van der Waals surface area contributed by atoms with Crippen molar-refractivity contribution in [2.45, 2.75) is 106 Å². The van der Waals surface area contributed by atoms with E-state index in [-0.39, 0.29) is 0 Å². The van der Waals surface area contributed by atoms with Crippen molar-refractivity contribution >= 4 is 12.9 Å². The van der Waals surface area contributed by atoms with E-state index in [2.05, 4.69) is 58.2 Å². The molecule has 0 heterocycles. The van der Waals surface area contributed by atoms with E-state index in [0.717, 1.165) is 24.6 Å². The molecule has 0 saturated heterocycles. The topological polar surface area (TPSA) is 24.7 Å². The second kappa shape index (κ2) is 27.0. The lowest BCUT2D eigenvalue weighted by Crippen LogP contribution is -1.91. The van der Waals surface area contributed by atoms with Crippen LogP contribution in [0.25, 0.3) is 0 Å². The van der Waals surface area contributed by atoms with Gasteiger partial charge in [0.2, 0.25) is 0 Å². The summed E-state index contributed by atoms with van der Waals surface area (Å²) < 4.78 is 0. The monoisotopic (exact) mass is 338 g/mol. The van der Waals surface area contributed by atoms with Crippen LogP contribution in [-0.4, -0.2) is 19.5 Å². The molecule has 0 aliphatic heterocycles. The zero-order valence-corrected chi connectivity index (χ0v) is 17.9. The van der Waals surface area contributed by atoms with Gasteiger partial charge in [-0.25, -0.2) is 0 Å². The zero-order chi connectivity index (χ0) is 19.1. The molecule has 2 heteroatoms. The van der Waals surface area contributed by atoms with Gasteiger partial charge in [-0.1, -0.05) is 86.5 Å². The van der Waals surface area contributed by atoms with Crippen LogP contribution < -0.4 is 0 Å². The molecule has 24 heavy (non-hydrogen) atoms. The Balaban J connectivity index is -0.000000316. The highest BCUT2D eigenvalue weighted by atomic mass is 14.7. The predicted octanol–water partition coefficient (Wildman–Crippen LogP) is 7.88. The standard InChI is InChI=1S/C10H18N2.C8H18.C4H10/c1-4-6-7-10(11-3)8-9-12-5-2;1-4-6-8(3)7-5-2;1-3-4-2/h8-9H,3-7H2,1-2H3;8H,4-7H2,1-3H3;3-4H2,1-2H3/b10-8-,12-9?;;. The molecule has 0 aliphatic rings. The number of hydrogen-bond acceptors (Lipinski definition) is 2. The fraction of sp³-hybridized carbons (Fsp3) is 0.818. The summed E-state index contributed by atoms with van der Waals surface area (Å²) in [7, 11) is 0. The molecule has 0 fully saturated rings. The van der Waals surface area contributed by atoms with Gasteiger partial charge < -0.3 is 0 Å². The third kappa shape index (κ3) is 29.1. The lowest BCUT2D eigenvalue weighted by molar-refractivity contribution is 0.480. The average Bonchev–Trinajstić information content (AvgIpc) is 2.59. The van der Waals surface area contributed by atoms with Gasteiger partial charge in [0.05, 0.1) is 0 Å². The van der Waals surface area contributed by atoms with E-state index < -0.39 is 0 Å². The summed E-state index contributed by atoms with van der Waals surface area (Å²) in [5.74, 6) is 0.963. The van der Waals surface area contributed by atoms with Crippen molar-refractivity contribution in [3.05, 3.63) is 11.8 Å². The van der Waals surface area contributed by atoms with E-state index in [1.165, 1.54) is 51.4 Å². The first-order valence-electron chi connectivity index (χ1n) is 10.2. The van der Waals surface area contributed by atoms with Gasteiger partial charge in [-0.3, -0.25) is 9.98 Å². The van der Waals surface area contributed by atoms with Crippen LogP contribution in [0.4, 0.5) is 0 Å². The number of rotatable bonds is 11. The first kappa shape index (κ1) is 27.9. The summed E-state index contributed by atoms with van der Waals surface area (Å²) in [6.45, 7) is 19.7. The molecule has 0 aliphatic carbocycles. The predicted molar refractivity (Wildman–Crippen MR) is 116 cm³/mol. The lowest BCUT2D eigenvalue weighted by Gasteiger charge is -2.05. The third-order valence-electron chi connectivity index (χ3n) is 3.61. The fourth-order valence-electron chi connectivity index (χ4n) is 1.95. The normalized spacial score (nSPS) is 10.9. The second-order valence-electron chi connectivity index (χ2n) is 6.25. The molecule has 0 atom stereocenters. The van der Waals surface area contributed by atoms with Crippen LogP contribution in [-0.2, 0) is 0 Å². The van der Waals surface area contributed by atoms with Crippen molar-refractivity contribution in [2.24, 2.45) is 15.9 Å². The molecule has 0 radical (unpaired) electrons. The average molecular weight is 339 g/mol. The van der Waals surface area contributed by atoms with E-state index >= 15 is 0 Å². The van der Waals surface area contributed by atoms with Gasteiger partial charge in [0.1, 0.15) is 0 Å². The quantitative estimate of drug-likeness (QED) is 0.342. The molecule has 144 valence electrons. The maximum absolute atomic E-state index is 4.08. The van der Waals surface area contributed by atoms with E-state index in [1.54, 1.807) is 6.21 Å². The Bertz CT molecular complexity index is 272. The van der Waals surface area contributed by atoms with Gasteiger partial charge in [-0.15, -0.1) is 0 Å². The Morgan fingerprint density at radius 3 is 1.75 bits per heavy atom. The summed E-state index contributed by atoms with van der Waals surface area (Å²) in [6.07, 6.45) is 15.3. The molecule has 0 N–H and O–H groups in total. The number of nitrogens with zero attached hydrogens (tertiary/aromatic N) is 2. The van der Waals surface area contributed by atoms with Gasteiger partial charge in [-0.05, 0) is 38.5 Å². The largest absolute Gasteiger partial charge is 0.293 e. The van der Waals surface area contributed by atoms with Crippen molar-refractivity contribution in [1.82, 2.24) is 0 Å². The number of allylic oxidation sites excluding steroid dienone is 2. The Morgan fingerprint density at radius 1 is 0.875 bits per heavy atom. The molecule has 0 bridgehead atoms. The first-order valence-corrected chi connectivity index (χ1v) is 10.2. The molecule has 0 rings (SSSR count). The molecule has 0 saturated carbocycles. The minimum atomic E-state index is 0.828. The van der Waals surface area contributed by atoms with Crippen LogP contribution in [0.2, 0.25) is 0 Å². The van der Waals surface area contributed by atoms with Crippen LogP contribution in [0.15, 0.2) is 21.8 Å². The highest BCUT2D eigenvalue weighted by Crippen LogP contribution is 2.10. The first-order chi connectivity index (χ1) is 11.6. The van der Waals surface area contributed by atoms with Crippen molar-refractivity contribution in [3.63, 3.8) is 0 Å². The molecular formula is C22H46N2. The van der Waals surface area contributed by atoms with Gasteiger partial charge in [0, 0.05) is 18.5 Å². The Labute approximate surface area is 154 Å². The van der Waals surface area contributed by atoms with Crippen molar-refractivity contribution in [3.8, 4) is 0 Å². The van der Waals surface area contributed by atoms with Crippen LogP contribution >= 0.6 is 0 Å². The summed E-state index contributed by atoms with van der Waals surface area (Å²) in [6, 6.07) is 0. The molecule has 2 nitrogen and oxygen atoms in total. The highest BCUT2D eigenvalue weighted by molar-refractivity contribution is 5.72. The maximum atomic E-state index is 4.08. The smallest absolute Gasteiger partial charge is 0.0411 e. The maximum Gasteiger partial charge on any atom is 0.0411 e. The molecule has 0 aromatic rings. The molecule has 0 aromatic heterocycles. The second-order valence-corrected chi connectivity index (χ2v) is 6.25. The zero-order valence-electron chi connectivity index (χ0n) is 17.9. The van der Waals surface area contributed by atoms with Gasteiger partial charge in [-0.2, -0.15) is 0 Å². The summed E-state index contributed by atoms with van der Waals surface area (Å²) >= 11 is 0. The summed E-state index contributed by atoms with van der Waals surface area (Å²) in [5.41, 5.74) is 1.04. The van der Waals surface area contributed by atoms with Crippen LogP contribution in [0.5, 0.6) is 0 Å². The van der Waals surface area contributed by atoms with Crippen molar-refractivity contribution < 1.29 is 0 Å². The molecular weight excluding hydrogens is 292 g/mol. The molecule has 0 aromatic carbocycles. The van der Waals surface area contributed by atoms with E-state index in [9.17, 15) is 0 Å². The van der Waals surface area contributed by atoms with Crippen LogP contribution in [0, 0.1) is 5.92 Å². The van der Waals surface area contributed by atoms with Gasteiger partial charge in [0.15, 0.2) is 0 Å². The van der Waals surface area contributed by atoms with Crippen LogP contribution in [0.3, 0.4) is 0 Å². The highest BCUT2D eigenvalue weighted by Gasteiger charge is 1.95. The van der Waals surface area contributed by atoms with Gasteiger partial charge in [0.25, 0.3) is 0 Å². The van der Waals surface area contributed by atoms with E-state index in [0.29, 0.717) is 0 Å². The number of aliphatic imine (C=N–C) groups is 2. The Morgan fingerprint density at radius 2 is 1.42 bits per heavy atom. The Kier molecular flexibility index (Phi) is 31.3. The minimum absolute atomic E-state index is 0.828. The number of hydrogen-bond donors (Lipinski definition) is 0. The summed E-state index contributed by atoms with van der Waals surface area (Å²) in [5, 5.41) is 0. The molecule has 0 unspecified atom stereocenters. The summed E-state index contributed by atoms with van der Waals surface area (Å²) in [4.78, 5) is 8.00. The minimum Gasteiger partial charge on any atom is -0.293 e. The van der Waals surface area contributed by atoms with Crippen molar-refractivity contribution in [2.75, 3.05) is 6.54 Å². The SMILES string of the molecule is C=N/C(=C\C=NCC)CCCC.CCCC.CCCC(C)CCC. The lowest BCUT2D eigenvalue weighted by atomic mass is 10.0. The molecule has 0 amide bonds. The van der Waals surface area contributed by atoms with Crippen LogP contribution in [0.1, 0.15) is 106 Å². The van der Waals surface area contributed by atoms with Gasteiger partial charge >= 0.3 is 0 Å². The molecule has 0 spiro atoms. The van der Waals surface area contributed by atoms with Crippen molar-refractivity contribution in [1.29, 1.82) is 0 Å².